The molecule has 5 heteroatoms. The van der Waals surface area contributed by atoms with Gasteiger partial charge in [0.25, 0.3) is 0 Å². The van der Waals surface area contributed by atoms with E-state index >= 15 is 0 Å². The monoisotopic (exact) mass is 372 g/mol. The molecular weight excluding hydrogens is 356 g/mol. The Labute approximate surface area is 161 Å². The summed E-state index contributed by atoms with van der Waals surface area (Å²) in [6, 6.07) is 15.4. The summed E-state index contributed by atoms with van der Waals surface area (Å²) in [5, 5.41) is 0. The average Bonchev–Trinajstić information content (AvgIpc) is 3.27. The molecule has 2 aromatic carbocycles. The predicted molar refractivity (Wildman–Crippen MR) is 103 cm³/mol. The summed E-state index contributed by atoms with van der Waals surface area (Å²) in [4.78, 5) is 36.6. The van der Waals surface area contributed by atoms with Crippen LogP contribution in [0.25, 0.3) is 17.4 Å². The molecule has 0 spiro atoms. The third kappa shape index (κ3) is 2.87. The smallest absolute Gasteiger partial charge is 0.337 e. The lowest BCUT2D eigenvalue weighted by molar-refractivity contribution is 0.0600. The van der Waals surface area contributed by atoms with Crippen LogP contribution in [0.3, 0.4) is 0 Å². The number of rotatable bonds is 3. The fourth-order valence-corrected chi connectivity index (χ4v) is 3.31. The van der Waals surface area contributed by atoms with Crippen molar-refractivity contribution < 1.29 is 23.5 Å². The van der Waals surface area contributed by atoms with Gasteiger partial charge in [-0.1, -0.05) is 30.3 Å². The van der Waals surface area contributed by atoms with Crippen LogP contribution < -0.4 is 0 Å². The van der Waals surface area contributed by atoms with E-state index in [1.54, 1.807) is 54.6 Å². The van der Waals surface area contributed by atoms with E-state index in [2.05, 4.69) is 0 Å². The van der Waals surface area contributed by atoms with E-state index in [1.165, 1.54) is 13.2 Å². The molecule has 0 aliphatic heterocycles. The Bertz CT molecular complexity index is 1130. The molecule has 0 radical (unpaired) electrons. The third-order valence-electron chi connectivity index (χ3n) is 4.73. The van der Waals surface area contributed by atoms with Gasteiger partial charge >= 0.3 is 5.97 Å². The highest BCUT2D eigenvalue weighted by Crippen LogP contribution is 2.30. The van der Waals surface area contributed by atoms with Crippen LogP contribution in [0.5, 0.6) is 0 Å². The second kappa shape index (κ2) is 6.78. The Morgan fingerprint density at radius 1 is 0.929 bits per heavy atom. The molecule has 0 fully saturated rings. The fraction of sp³-hybridized carbons (Fsp3) is 0.0870. The first-order chi connectivity index (χ1) is 13.5. The van der Waals surface area contributed by atoms with Gasteiger partial charge in [-0.3, -0.25) is 9.59 Å². The first-order valence-electron chi connectivity index (χ1n) is 8.69. The Kier molecular flexibility index (Phi) is 4.28. The lowest BCUT2D eigenvalue weighted by Crippen LogP contribution is -2.01. The van der Waals surface area contributed by atoms with Crippen LogP contribution in [0, 0.1) is 6.92 Å². The molecule has 1 aromatic heterocycles. The van der Waals surface area contributed by atoms with Crippen molar-refractivity contribution in [2.45, 2.75) is 6.92 Å². The minimum absolute atomic E-state index is 0.0971. The molecule has 0 atom stereocenters. The van der Waals surface area contributed by atoms with E-state index < -0.39 is 5.97 Å². The molecule has 1 heterocycles. The average molecular weight is 372 g/mol. The van der Waals surface area contributed by atoms with Crippen molar-refractivity contribution in [2.75, 3.05) is 7.11 Å². The van der Waals surface area contributed by atoms with Gasteiger partial charge in [0.2, 0.25) is 0 Å². The standard InChI is InChI=1S/C23H16O5/c1-13-11-14(23(26)27-2)7-9-16(13)20-10-8-15(28-20)12-19-21(24)17-5-3-4-6-18(17)22(19)25/h3-12H,1-2H3. The molecule has 5 nitrogen and oxygen atoms in total. The summed E-state index contributed by atoms with van der Waals surface area (Å²) in [5.74, 6) is -0.00112. The molecule has 0 saturated carbocycles. The van der Waals surface area contributed by atoms with Crippen molar-refractivity contribution in [3.63, 3.8) is 0 Å². The number of benzene rings is 2. The number of hydrogen-bond donors (Lipinski definition) is 0. The maximum absolute atomic E-state index is 12.5. The molecule has 1 aliphatic rings. The van der Waals surface area contributed by atoms with Gasteiger partial charge < -0.3 is 9.15 Å². The van der Waals surface area contributed by atoms with Gasteiger partial charge in [0.05, 0.1) is 18.2 Å². The highest BCUT2D eigenvalue weighted by atomic mass is 16.5. The second-order valence-electron chi connectivity index (χ2n) is 6.49. The van der Waals surface area contributed by atoms with Gasteiger partial charge in [0.1, 0.15) is 11.5 Å². The summed E-state index contributed by atoms with van der Waals surface area (Å²) in [7, 11) is 1.34. The lowest BCUT2D eigenvalue weighted by atomic mass is 10.0. The molecule has 0 bridgehead atoms. The quantitative estimate of drug-likeness (QED) is 0.384. The number of Topliss-reactive ketones (excluding diaryl/α,β-unsaturated/α-hetero) is 2. The molecule has 4 rings (SSSR count). The van der Waals surface area contributed by atoms with Crippen molar-refractivity contribution in [3.8, 4) is 11.3 Å². The Hall–Kier alpha value is -3.73. The number of esters is 1. The number of ketones is 2. The van der Waals surface area contributed by atoms with Gasteiger partial charge in [0, 0.05) is 16.7 Å². The number of fused-ring (bicyclic) bond motifs is 1. The molecule has 0 N–H and O–H groups in total. The summed E-state index contributed by atoms with van der Waals surface area (Å²) < 4.78 is 10.6. The first kappa shape index (κ1) is 17.7. The van der Waals surface area contributed by atoms with E-state index in [4.69, 9.17) is 9.15 Å². The highest BCUT2D eigenvalue weighted by molar-refractivity contribution is 6.41. The van der Waals surface area contributed by atoms with Crippen molar-refractivity contribution in [2.24, 2.45) is 0 Å². The molecule has 28 heavy (non-hydrogen) atoms. The maximum atomic E-state index is 12.5. The van der Waals surface area contributed by atoms with E-state index in [9.17, 15) is 14.4 Å². The number of carbonyl (C=O) groups is 3. The summed E-state index contributed by atoms with van der Waals surface area (Å²) in [5.41, 5.74) is 3.04. The van der Waals surface area contributed by atoms with Crippen molar-refractivity contribution in [3.05, 3.63) is 88.2 Å². The van der Waals surface area contributed by atoms with E-state index in [-0.39, 0.29) is 17.1 Å². The molecule has 1 aliphatic carbocycles. The van der Waals surface area contributed by atoms with Gasteiger partial charge in [-0.2, -0.15) is 0 Å². The topological polar surface area (TPSA) is 73.6 Å². The Morgan fingerprint density at radius 2 is 1.61 bits per heavy atom. The SMILES string of the molecule is COC(=O)c1ccc(-c2ccc(C=C3C(=O)c4ccccc4C3=O)o2)c(C)c1. The Morgan fingerprint density at radius 3 is 2.21 bits per heavy atom. The normalized spacial score (nSPS) is 12.9. The van der Waals surface area contributed by atoms with Crippen LogP contribution in [-0.4, -0.2) is 24.6 Å². The summed E-state index contributed by atoms with van der Waals surface area (Å²) in [6.07, 6.45) is 1.48. The van der Waals surface area contributed by atoms with Gasteiger partial charge in [-0.15, -0.1) is 0 Å². The maximum Gasteiger partial charge on any atom is 0.337 e. The van der Waals surface area contributed by atoms with E-state index in [0.29, 0.717) is 28.2 Å². The predicted octanol–water partition coefficient (Wildman–Crippen LogP) is 4.50. The molecule has 138 valence electrons. The number of aryl methyl sites for hydroxylation is 1. The van der Waals surface area contributed by atoms with Crippen LogP contribution in [-0.2, 0) is 4.74 Å². The summed E-state index contributed by atoms with van der Waals surface area (Å²) >= 11 is 0. The van der Waals surface area contributed by atoms with Gasteiger partial charge in [0.15, 0.2) is 11.6 Å². The Balaban J connectivity index is 1.66. The van der Waals surface area contributed by atoms with Crippen molar-refractivity contribution in [1.29, 1.82) is 0 Å². The van der Waals surface area contributed by atoms with E-state index in [1.807, 2.05) is 6.92 Å². The van der Waals surface area contributed by atoms with Crippen LogP contribution in [0.2, 0.25) is 0 Å². The first-order valence-corrected chi connectivity index (χ1v) is 8.69. The fourth-order valence-electron chi connectivity index (χ4n) is 3.31. The number of allylic oxidation sites excluding steroid dienone is 1. The molecule has 0 amide bonds. The van der Waals surface area contributed by atoms with Gasteiger partial charge in [-0.25, -0.2) is 4.79 Å². The number of ether oxygens (including phenoxy) is 1. The van der Waals surface area contributed by atoms with Gasteiger partial charge in [-0.05, 0) is 42.8 Å². The van der Waals surface area contributed by atoms with E-state index in [0.717, 1.165) is 11.1 Å². The number of carbonyl (C=O) groups excluding carboxylic acids is 3. The number of hydrogen-bond acceptors (Lipinski definition) is 5. The van der Waals surface area contributed by atoms with Crippen LogP contribution in [0.4, 0.5) is 0 Å². The van der Waals surface area contributed by atoms with Crippen LogP contribution >= 0.6 is 0 Å². The second-order valence-corrected chi connectivity index (χ2v) is 6.49. The minimum Gasteiger partial charge on any atom is -0.465 e. The zero-order valence-corrected chi connectivity index (χ0v) is 15.3. The van der Waals surface area contributed by atoms with Crippen LogP contribution in [0.15, 0.2) is 64.6 Å². The molecule has 0 unspecified atom stereocenters. The zero-order chi connectivity index (χ0) is 19.8. The van der Waals surface area contributed by atoms with Crippen molar-refractivity contribution in [1.82, 2.24) is 0 Å². The largest absolute Gasteiger partial charge is 0.465 e. The molecular formula is C23H16O5. The highest BCUT2D eigenvalue weighted by Gasteiger charge is 2.32. The zero-order valence-electron chi connectivity index (χ0n) is 15.3. The number of furan rings is 1. The van der Waals surface area contributed by atoms with Crippen molar-refractivity contribution >= 4 is 23.6 Å². The lowest BCUT2D eigenvalue weighted by Gasteiger charge is -2.05. The summed E-state index contributed by atoms with van der Waals surface area (Å²) in [6.45, 7) is 1.86. The minimum atomic E-state index is -0.405. The third-order valence-corrected chi connectivity index (χ3v) is 4.73. The number of methoxy groups -OCH3 is 1. The molecule has 0 saturated heterocycles. The van der Waals surface area contributed by atoms with Crippen LogP contribution in [0.1, 0.15) is 42.4 Å². The molecule has 3 aromatic rings.